The summed E-state index contributed by atoms with van der Waals surface area (Å²) in [4.78, 5) is 16.5. The van der Waals surface area contributed by atoms with E-state index >= 15 is 0 Å². The lowest BCUT2D eigenvalue weighted by molar-refractivity contribution is -0.132. The van der Waals surface area contributed by atoms with Crippen molar-refractivity contribution in [2.24, 2.45) is 5.92 Å². The van der Waals surface area contributed by atoms with Crippen LogP contribution in [-0.4, -0.2) is 61.0 Å². The van der Waals surface area contributed by atoms with Crippen LogP contribution in [0.2, 0.25) is 0 Å². The van der Waals surface area contributed by atoms with E-state index in [-0.39, 0.29) is 0 Å². The van der Waals surface area contributed by atoms with Crippen molar-refractivity contribution in [2.45, 2.75) is 32.7 Å². The van der Waals surface area contributed by atoms with Crippen molar-refractivity contribution in [1.29, 1.82) is 0 Å². The fraction of sp³-hybridized carbons (Fsp3) is 0.923. The van der Waals surface area contributed by atoms with E-state index in [9.17, 15) is 4.79 Å². The fourth-order valence-corrected chi connectivity index (χ4v) is 2.80. The first-order valence-corrected chi connectivity index (χ1v) is 6.91. The normalized spacial score (nSPS) is 30.8. The second-order valence-electron chi connectivity index (χ2n) is 5.42. The van der Waals surface area contributed by atoms with Crippen LogP contribution in [0.25, 0.3) is 0 Å². The molecule has 2 unspecified atom stereocenters. The van der Waals surface area contributed by atoms with Crippen molar-refractivity contribution in [3.63, 3.8) is 0 Å². The number of nitrogens with one attached hydrogen (secondary N) is 1. The minimum Gasteiger partial charge on any atom is -0.340 e. The molecule has 0 bridgehead atoms. The zero-order valence-corrected chi connectivity index (χ0v) is 11.1. The number of amides is 1. The van der Waals surface area contributed by atoms with E-state index in [1.807, 2.05) is 4.90 Å². The maximum Gasteiger partial charge on any atom is 0.223 e. The monoisotopic (exact) mass is 239 g/mol. The lowest BCUT2D eigenvalue weighted by Crippen LogP contribution is -2.47. The van der Waals surface area contributed by atoms with Gasteiger partial charge in [0.25, 0.3) is 0 Å². The SMILES string of the molecule is CC1CCN(CCC(=O)N2CCNCC2)C1C. The van der Waals surface area contributed by atoms with Crippen molar-refractivity contribution in [1.82, 2.24) is 15.1 Å². The highest BCUT2D eigenvalue weighted by molar-refractivity contribution is 5.76. The standard InChI is InChI=1S/C13H25N3O/c1-11-3-7-15(12(11)2)8-4-13(17)16-9-5-14-6-10-16/h11-12,14H,3-10H2,1-2H3. The van der Waals surface area contributed by atoms with Gasteiger partial charge in [-0.05, 0) is 25.8 Å². The Balaban J connectivity index is 1.72. The van der Waals surface area contributed by atoms with Crippen LogP contribution < -0.4 is 5.32 Å². The average Bonchev–Trinajstić information content (AvgIpc) is 2.68. The van der Waals surface area contributed by atoms with Gasteiger partial charge in [-0.2, -0.15) is 0 Å². The third-order valence-electron chi connectivity index (χ3n) is 4.35. The van der Waals surface area contributed by atoms with Crippen LogP contribution in [0.3, 0.4) is 0 Å². The first kappa shape index (κ1) is 12.8. The molecule has 17 heavy (non-hydrogen) atoms. The van der Waals surface area contributed by atoms with Crippen LogP contribution >= 0.6 is 0 Å². The Morgan fingerprint density at radius 1 is 1.24 bits per heavy atom. The maximum atomic E-state index is 12.0. The minimum absolute atomic E-state index is 0.332. The van der Waals surface area contributed by atoms with Crippen molar-refractivity contribution in [3.05, 3.63) is 0 Å². The van der Waals surface area contributed by atoms with Gasteiger partial charge >= 0.3 is 0 Å². The van der Waals surface area contributed by atoms with Gasteiger partial charge in [0.1, 0.15) is 0 Å². The molecule has 1 amide bonds. The fourth-order valence-electron chi connectivity index (χ4n) is 2.80. The van der Waals surface area contributed by atoms with E-state index in [0.717, 1.165) is 45.2 Å². The highest BCUT2D eigenvalue weighted by Crippen LogP contribution is 2.23. The number of hydrogen-bond donors (Lipinski definition) is 1. The van der Waals surface area contributed by atoms with E-state index in [1.54, 1.807) is 0 Å². The van der Waals surface area contributed by atoms with Gasteiger partial charge in [0.15, 0.2) is 0 Å². The number of carbonyl (C=O) groups is 1. The third-order valence-corrected chi connectivity index (χ3v) is 4.35. The Bertz CT molecular complexity index is 263. The third kappa shape index (κ3) is 3.19. The van der Waals surface area contributed by atoms with Crippen LogP contribution in [0.5, 0.6) is 0 Å². The molecule has 0 radical (unpaired) electrons. The van der Waals surface area contributed by atoms with E-state index in [2.05, 4.69) is 24.1 Å². The van der Waals surface area contributed by atoms with Crippen molar-refractivity contribution < 1.29 is 4.79 Å². The number of piperazine rings is 1. The Labute approximate surface area is 104 Å². The predicted molar refractivity (Wildman–Crippen MR) is 68.9 cm³/mol. The quantitative estimate of drug-likeness (QED) is 0.781. The molecule has 0 spiro atoms. The molecular formula is C13H25N3O. The number of hydrogen-bond acceptors (Lipinski definition) is 3. The van der Waals surface area contributed by atoms with Crippen LogP contribution in [-0.2, 0) is 4.79 Å². The second-order valence-corrected chi connectivity index (χ2v) is 5.42. The zero-order valence-electron chi connectivity index (χ0n) is 11.1. The minimum atomic E-state index is 0.332. The molecule has 1 N–H and O–H groups in total. The molecule has 2 rings (SSSR count). The molecular weight excluding hydrogens is 214 g/mol. The van der Waals surface area contributed by atoms with Gasteiger partial charge in [-0.15, -0.1) is 0 Å². The molecule has 98 valence electrons. The zero-order chi connectivity index (χ0) is 12.3. The number of likely N-dealkylation sites (tertiary alicyclic amines) is 1. The van der Waals surface area contributed by atoms with Crippen LogP contribution in [0.1, 0.15) is 26.7 Å². The summed E-state index contributed by atoms with van der Waals surface area (Å²) in [5.74, 6) is 1.11. The number of rotatable bonds is 3. The molecule has 0 aliphatic carbocycles. The van der Waals surface area contributed by atoms with E-state index in [0.29, 0.717) is 18.4 Å². The lowest BCUT2D eigenvalue weighted by atomic mass is 10.1. The van der Waals surface area contributed by atoms with Crippen LogP contribution in [0.15, 0.2) is 0 Å². The van der Waals surface area contributed by atoms with Crippen LogP contribution in [0.4, 0.5) is 0 Å². The van der Waals surface area contributed by atoms with E-state index in [1.165, 1.54) is 6.42 Å². The molecule has 0 saturated carbocycles. The summed E-state index contributed by atoms with van der Waals surface area (Å²) in [6.07, 6.45) is 1.97. The number of nitrogens with zero attached hydrogens (tertiary/aromatic N) is 2. The summed E-state index contributed by atoms with van der Waals surface area (Å²) in [6, 6.07) is 0.644. The summed E-state index contributed by atoms with van der Waals surface area (Å²) in [5.41, 5.74) is 0. The summed E-state index contributed by atoms with van der Waals surface area (Å²) < 4.78 is 0. The van der Waals surface area contributed by atoms with E-state index in [4.69, 9.17) is 0 Å². The van der Waals surface area contributed by atoms with Gasteiger partial charge in [-0.1, -0.05) is 6.92 Å². The molecule has 2 aliphatic heterocycles. The molecule has 4 heteroatoms. The van der Waals surface area contributed by atoms with Crippen LogP contribution in [0, 0.1) is 5.92 Å². The first-order chi connectivity index (χ1) is 8.18. The molecule has 2 aliphatic rings. The molecule has 2 atom stereocenters. The summed E-state index contributed by atoms with van der Waals surface area (Å²) in [7, 11) is 0. The molecule has 0 aromatic rings. The van der Waals surface area contributed by atoms with Gasteiger partial charge in [0.2, 0.25) is 5.91 Å². The summed E-state index contributed by atoms with van der Waals surface area (Å²) in [5, 5.41) is 3.28. The summed E-state index contributed by atoms with van der Waals surface area (Å²) >= 11 is 0. The highest BCUT2D eigenvalue weighted by Gasteiger charge is 2.27. The molecule has 2 saturated heterocycles. The second kappa shape index (κ2) is 5.83. The smallest absolute Gasteiger partial charge is 0.223 e. The van der Waals surface area contributed by atoms with Crippen molar-refractivity contribution in [2.75, 3.05) is 39.3 Å². The van der Waals surface area contributed by atoms with Gasteiger partial charge in [0, 0.05) is 45.2 Å². The first-order valence-electron chi connectivity index (χ1n) is 6.91. The lowest BCUT2D eigenvalue weighted by Gasteiger charge is -2.29. The topological polar surface area (TPSA) is 35.6 Å². The molecule has 2 heterocycles. The Hall–Kier alpha value is -0.610. The highest BCUT2D eigenvalue weighted by atomic mass is 16.2. The predicted octanol–water partition coefficient (Wildman–Crippen LogP) is 0.539. The average molecular weight is 239 g/mol. The van der Waals surface area contributed by atoms with E-state index < -0.39 is 0 Å². The summed E-state index contributed by atoms with van der Waals surface area (Å²) in [6.45, 7) is 10.3. The molecule has 2 fully saturated rings. The maximum absolute atomic E-state index is 12.0. The van der Waals surface area contributed by atoms with Gasteiger partial charge < -0.3 is 10.2 Å². The Morgan fingerprint density at radius 2 is 1.94 bits per heavy atom. The largest absolute Gasteiger partial charge is 0.340 e. The van der Waals surface area contributed by atoms with Gasteiger partial charge in [0.05, 0.1) is 0 Å². The van der Waals surface area contributed by atoms with Crippen molar-refractivity contribution >= 4 is 5.91 Å². The molecule has 0 aromatic heterocycles. The molecule has 4 nitrogen and oxygen atoms in total. The Kier molecular flexibility index (Phi) is 4.40. The van der Waals surface area contributed by atoms with Gasteiger partial charge in [-0.25, -0.2) is 0 Å². The Morgan fingerprint density at radius 3 is 2.53 bits per heavy atom. The molecule has 0 aromatic carbocycles. The van der Waals surface area contributed by atoms with Crippen molar-refractivity contribution in [3.8, 4) is 0 Å². The number of carbonyl (C=O) groups excluding carboxylic acids is 1. The van der Waals surface area contributed by atoms with Gasteiger partial charge in [-0.3, -0.25) is 9.69 Å².